The summed E-state index contributed by atoms with van der Waals surface area (Å²) in [7, 11) is 0. The van der Waals surface area contributed by atoms with Crippen LogP contribution in [0.4, 0.5) is 0 Å². The third-order valence-corrected chi connectivity index (χ3v) is 1.48. The third-order valence-electron chi connectivity index (χ3n) is 1.48. The highest BCUT2D eigenvalue weighted by molar-refractivity contribution is 4.82. The molecule has 4 heteroatoms. The van der Waals surface area contributed by atoms with Gasteiger partial charge in [0, 0.05) is 0 Å². The van der Waals surface area contributed by atoms with Crippen LogP contribution in [-0.2, 0) is 4.74 Å². The van der Waals surface area contributed by atoms with Crippen molar-refractivity contribution in [2.75, 3.05) is 0 Å². The van der Waals surface area contributed by atoms with E-state index in [1.807, 2.05) is 0 Å². The molecule has 9 heavy (non-hydrogen) atoms. The molecule has 1 aliphatic rings. The zero-order valence-corrected chi connectivity index (χ0v) is 5.06. The first-order chi connectivity index (χ1) is 4.13. The third kappa shape index (κ3) is 1.07. The first-order valence-corrected chi connectivity index (χ1v) is 2.82. The highest BCUT2D eigenvalue weighted by Gasteiger charge is 2.38. The van der Waals surface area contributed by atoms with Crippen LogP contribution in [0, 0.1) is 0 Å². The highest BCUT2D eigenvalue weighted by Crippen LogP contribution is 2.18. The van der Waals surface area contributed by atoms with Crippen molar-refractivity contribution in [3.63, 3.8) is 0 Å². The predicted octanol–water partition coefficient (Wildman–Crippen LogP) is -1.55. The standard InChI is InChI=1S/C5H10O4/c1-2-3(6)4(7)5(8)9-2/h2-8H,1H3/t2-,3?,4-,5?/m1/s1. The zero-order chi connectivity index (χ0) is 7.02. The van der Waals surface area contributed by atoms with Crippen LogP contribution in [0.25, 0.3) is 0 Å². The average Bonchev–Trinajstić information content (AvgIpc) is 1.98. The van der Waals surface area contributed by atoms with E-state index in [1.165, 1.54) is 0 Å². The average molecular weight is 134 g/mol. The molecule has 2 unspecified atom stereocenters. The van der Waals surface area contributed by atoms with Crippen LogP contribution in [0.5, 0.6) is 0 Å². The molecule has 0 spiro atoms. The van der Waals surface area contributed by atoms with Crippen molar-refractivity contribution in [2.24, 2.45) is 0 Å². The van der Waals surface area contributed by atoms with Gasteiger partial charge in [-0.15, -0.1) is 0 Å². The topological polar surface area (TPSA) is 69.9 Å². The Kier molecular flexibility index (Phi) is 1.72. The minimum absolute atomic E-state index is 0.477. The molecule has 1 saturated heterocycles. The molecule has 1 aliphatic heterocycles. The number of hydrogen-bond donors (Lipinski definition) is 3. The molecule has 1 fully saturated rings. The molecule has 0 saturated carbocycles. The van der Waals surface area contributed by atoms with Crippen molar-refractivity contribution in [3.8, 4) is 0 Å². The lowest BCUT2D eigenvalue weighted by Gasteiger charge is -2.07. The van der Waals surface area contributed by atoms with Gasteiger partial charge in [0.15, 0.2) is 6.29 Å². The van der Waals surface area contributed by atoms with Crippen molar-refractivity contribution < 1.29 is 20.1 Å². The minimum atomic E-state index is -1.23. The van der Waals surface area contributed by atoms with Gasteiger partial charge in [0.1, 0.15) is 12.2 Å². The Morgan fingerprint density at radius 1 is 1.11 bits per heavy atom. The highest BCUT2D eigenvalue weighted by atomic mass is 16.6. The van der Waals surface area contributed by atoms with Gasteiger partial charge in [0.05, 0.1) is 6.10 Å². The van der Waals surface area contributed by atoms with Gasteiger partial charge in [0.2, 0.25) is 0 Å². The molecule has 4 atom stereocenters. The van der Waals surface area contributed by atoms with E-state index in [2.05, 4.69) is 4.74 Å². The number of aliphatic hydroxyl groups excluding tert-OH is 3. The van der Waals surface area contributed by atoms with Gasteiger partial charge >= 0.3 is 0 Å². The lowest BCUT2D eigenvalue weighted by atomic mass is 10.2. The molecule has 0 bridgehead atoms. The summed E-state index contributed by atoms with van der Waals surface area (Å²) in [5.74, 6) is 0. The summed E-state index contributed by atoms with van der Waals surface area (Å²) in [6.07, 6.45) is -3.81. The van der Waals surface area contributed by atoms with Crippen LogP contribution in [0.15, 0.2) is 0 Å². The van der Waals surface area contributed by atoms with E-state index in [0.717, 1.165) is 0 Å². The number of rotatable bonds is 0. The van der Waals surface area contributed by atoms with Crippen molar-refractivity contribution in [3.05, 3.63) is 0 Å². The summed E-state index contributed by atoms with van der Waals surface area (Å²) in [4.78, 5) is 0. The van der Waals surface area contributed by atoms with E-state index in [9.17, 15) is 0 Å². The first-order valence-electron chi connectivity index (χ1n) is 2.82. The van der Waals surface area contributed by atoms with Crippen LogP contribution in [0.1, 0.15) is 6.92 Å². The minimum Gasteiger partial charge on any atom is -0.388 e. The molecular formula is C5H10O4. The lowest BCUT2D eigenvalue weighted by molar-refractivity contribution is -0.124. The van der Waals surface area contributed by atoms with Crippen molar-refractivity contribution in [1.82, 2.24) is 0 Å². The van der Waals surface area contributed by atoms with E-state index in [-0.39, 0.29) is 0 Å². The van der Waals surface area contributed by atoms with Gasteiger partial charge in [-0.2, -0.15) is 0 Å². The van der Waals surface area contributed by atoms with Gasteiger partial charge < -0.3 is 20.1 Å². The molecule has 0 radical (unpaired) electrons. The smallest absolute Gasteiger partial charge is 0.183 e. The SMILES string of the molecule is C[C@H]1OC(O)[C@H](O)C1O. The Bertz CT molecular complexity index is 93.1. The lowest BCUT2D eigenvalue weighted by Crippen LogP contribution is -2.31. The molecule has 0 aliphatic carbocycles. The van der Waals surface area contributed by atoms with Crippen molar-refractivity contribution >= 4 is 0 Å². The fourth-order valence-corrected chi connectivity index (χ4v) is 0.827. The molecular weight excluding hydrogens is 124 g/mol. The van der Waals surface area contributed by atoms with Gasteiger partial charge in [0.25, 0.3) is 0 Å². The first kappa shape index (κ1) is 6.95. The second-order valence-corrected chi connectivity index (χ2v) is 2.21. The molecule has 0 aromatic carbocycles. The zero-order valence-electron chi connectivity index (χ0n) is 5.06. The Hall–Kier alpha value is -0.160. The molecule has 0 aromatic rings. The Labute approximate surface area is 52.7 Å². The molecule has 1 heterocycles. The van der Waals surface area contributed by atoms with Crippen LogP contribution in [0.3, 0.4) is 0 Å². The summed E-state index contributed by atoms with van der Waals surface area (Å²) in [6.45, 7) is 1.59. The van der Waals surface area contributed by atoms with Gasteiger partial charge in [-0.05, 0) is 6.92 Å². The van der Waals surface area contributed by atoms with Gasteiger partial charge in [-0.1, -0.05) is 0 Å². The van der Waals surface area contributed by atoms with Crippen LogP contribution in [-0.4, -0.2) is 39.9 Å². The van der Waals surface area contributed by atoms with E-state index in [4.69, 9.17) is 15.3 Å². The Balaban J connectivity index is 2.54. The molecule has 54 valence electrons. The number of aliphatic hydroxyl groups is 3. The van der Waals surface area contributed by atoms with Crippen molar-refractivity contribution in [1.29, 1.82) is 0 Å². The molecule has 1 rings (SSSR count). The van der Waals surface area contributed by atoms with E-state index < -0.39 is 24.6 Å². The normalized spacial score (nSPS) is 52.0. The summed E-state index contributed by atoms with van der Waals surface area (Å²) in [6, 6.07) is 0. The number of ether oxygens (including phenoxy) is 1. The van der Waals surface area contributed by atoms with E-state index >= 15 is 0 Å². The quantitative estimate of drug-likeness (QED) is 0.375. The predicted molar refractivity (Wildman–Crippen MR) is 28.6 cm³/mol. The second kappa shape index (κ2) is 2.22. The summed E-state index contributed by atoms with van der Waals surface area (Å²) in [5.41, 5.74) is 0. The fraction of sp³-hybridized carbons (Fsp3) is 1.00. The summed E-state index contributed by atoms with van der Waals surface area (Å²) < 4.78 is 4.64. The van der Waals surface area contributed by atoms with E-state index in [0.29, 0.717) is 0 Å². The van der Waals surface area contributed by atoms with Crippen molar-refractivity contribution in [2.45, 2.75) is 31.5 Å². The Morgan fingerprint density at radius 3 is 1.78 bits per heavy atom. The monoisotopic (exact) mass is 134 g/mol. The van der Waals surface area contributed by atoms with Crippen LogP contribution >= 0.6 is 0 Å². The maximum Gasteiger partial charge on any atom is 0.183 e. The summed E-state index contributed by atoms with van der Waals surface area (Å²) in [5, 5.41) is 26.4. The Morgan fingerprint density at radius 2 is 1.67 bits per heavy atom. The maximum absolute atomic E-state index is 8.90. The summed E-state index contributed by atoms with van der Waals surface area (Å²) >= 11 is 0. The van der Waals surface area contributed by atoms with E-state index in [1.54, 1.807) is 6.92 Å². The van der Waals surface area contributed by atoms with Crippen LogP contribution < -0.4 is 0 Å². The fourth-order valence-electron chi connectivity index (χ4n) is 0.827. The van der Waals surface area contributed by atoms with Crippen LogP contribution in [0.2, 0.25) is 0 Å². The maximum atomic E-state index is 8.90. The van der Waals surface area contributed by atoms with Gasteiger partial charge in [-0.3, -0.25) is 0 Å². The molecule has 0 aromatic heterocycles. The van der Waals surface area contributed by atoms with Gasteiger partial charge in [-0.25, -0.2) is 0 Å². The molecule has 4 nitrogen and oxygen atoms in total. The molecule has 3 N–H and O–H groups in total. The molecule has 0 amide bonds. The largest absolute Gasteiger partial charge is 0.388 e. The number of hydrogen-bond acceptors (Lipinski definition) is 4. The second-order valence-electron chi connectivity index (χ2n) is 2.21.